The molecule has 1 heterocycles. The average molecular weight is 217 g/mol. The number of hydrogen-bond donors (Lipinski definition) is 0. The van der Waals surface area contributed by atoms with Gasteiger partial charge in [0.2, 0.25) is 0 Å². The van der Waals surface area contributed by atoms with Crippen LogP contribution in [0, 0.1) is 0 Å². The molecule has 1 aliphatic heterocycles. The van der Waals surface area contributed by atoms with E-state index in [1.54, 1.807) is 7.11 Å². The molecule has 0 spiro atoms. The lowest BCUT2D eigenvalue weighted by molar-refractivity contribution is 0.0310. The first kappa shape index (κ1) is 12.9. The molecule has 0 unspecified atom stereocenters. The van der Waals surface area contributed by atoms with Gasteiger partial charge < -0.3 is 14.2 Å². The Kier molecular flexibility index (Phi) is 7.83. The molecule has 4 heteroatoms. The van der Waals surface area contributed by atoms with E-state index in [0.29, 0.717) is 0 Å². The Hall–Kier alpha value is -0.160. The van der Waals surface area contributed by atoms with Crippen LogP contribution in [0.4, 0.5) is 0 Å². The summed E-state index contributed by atoms with van der Waals surface area (Å²) in [5, 5.41) is 0. The number of methoxy groups -OCH3 is 1. The molecule has 0 aromatic carbocycles. The van der Waals surface area contributed by atoms with Crippen molar-refractivity contribution in [1.29, 1.82) is 0 Å². The zero-order valence-electron chi connectivity index (χ0n) is 9.74. The van der Waals surface area contributed by atoms with E-state index in [2.05, 4.69) is 4.90 Å². The molecule has 0 aromatic rings. The van der Waals surface area contributed by atoms with Crippen LogP contribution in [0.2, 0.25) is 0 Å². The summed E-state index contributed by atoms with van der Waals surface area (Å²) in [7, 11) is 1.72. The van der Waals surface area contributed by atoms with E-state index in [4.69, 9.17) is 14.2 Å². The number of hydrogen-bond acceptors (Lipinski definition) is 4. The molecule has 1 rings (SSSR count). The van der Waals surface area contributed by atoms with E-state index >= 15 is 0 Å². The van der Waals surface area contributed by atoms with E-state index in [1.165, 1.54) is 0 Å². The molecule has 1 aliphatic rings. The molecule has 0 bridgehead atoms. The first-order valence-electron chi connectivity index (χ1n) is 5.80. The maximum Gasteiger partial charge on any atom is 0.0594 e. The Morgan fingerprint density at radius 3 is 2.53 bits per heavy atom. The second-order valence-corrected chi connectivity index (χ2v) is 3.77. The summed E-state index contributed by atoms with van der Waals surface area (Å²) in [5.41, 5.74) is 0. The Morgan fingerprint density at radius 2 is 1.80 bits per heavy atom. The summed E-state index contributed by atoms with van der Waals surface area (Å²) in [6.07, 6.45) is 2.11. The van der Waals surface area contributed by atoms with Crippen molar-refractivity contribution in [3.63, 3.8) is 0 Å². The molecule has 0 amide bonds. The lowest BCUT2D eigenvalue weighted by Crippen LogP contribution is -2.37. The third-order valence-corrected chi connectivity index (χ3v) is 2.50. The van der Waals surface area contributed by atoms with Crippen molar-refractivity contribution in [2.24, 2.45) is 0 Å². The second-order valence-electron chi connectivity index (χ2n) is 3.77. The molecular weight excluding hydrogens is 194 g/mol. The van der Waals surface area contributed by atoms with Gasteiger partial charge in [0.15, 0.2) is 0 Å². The van der Waals surface area contributed by atoms with Gasteiger partial charge in [0.1, 0.15) is 0 Å². The molecule has 90 valence electrons. The minimum absolute atomic E-state index is 0.795. The van der Waals surface area contributed by atoms with E-state index in [0.717, 1.165) is 65.5 Å². The molecule has 0 N–H and O–H groups in total. The number of morpholine rings is 1. The molecule has 0 aromatic heterocycles. The van der Waals surface area contributed by atoms with E-state index in [1.807, 2.05) is 0 Å². The van der Waals surface area contributed by atoms with Crippen LogP contribution >= 0.6 is 0 Å². The van der Waals surface area contributed by atoms with Gasteiger partial charge in [0, 0.05) is 46.6 Å². The molecule has 0 saturated carbocycles. The highest BCUT2D eigenvalue weighted by atomic mass is 16.5. The normalized spacial score (nSPS) is 18.2. The van der Waals surface area contributed by atoms with Crippen molar-refractivity contribution in [2.75, 3.05) is 59.8 Å². The Bertz CT molecular complexity index is 138. The lowest BCUT2D eigenvalue weighted by Gasteiger charge is -2.26. The van der Waals surface area contributed by atoms with Crippen molar-refractivity contribution < 1.29 is 14.2 Å². The Labute approximate surface area is 92.5 Å². The monoisotopic (exact) mass is 217 g/mol. The third kappa shape index (κ3) is 6.84. The largest absolute Gasteiger partial charge is 0.385 e. The van der Waals surface area contributed by atoms with Crippen LogP contribution in [0.5, 0.6) is 0 Å². The van der Waals surface area contributed by atoms with E-state index < -0.39 is 0 Å². The maximum atomic E-state index is 5.49. The molecule has 15 heavy (non-hydrogen) atoms. The second kappa shape index (κ2) is 9.09. The smallest absolute Gasteiger partial charge is 0.0594 e. The SMILES string of the molecule is COCCCOCCCN1CCOCC1. The standard InChI is InChI=1S/C11H23NO3/c1-13-7-3-9-14-8-2-4-12-5-10-15-11-6-12/h2-11H2,1H3. The van der Waals surface area contributed by atoms with Gasteiger partial charge in [-0.05, 0) is 12.8 Å². The quantitative estimate of drug-likeness (QED) is 0.562. The Balaban J connectivity index is 1.79. The van der Waals surface area contributed by atoms with Crippen LogP contribution < -0.4 is 0 Å². The topological polar surface area (TPSA) is 30.9 Å². The van der Waals surface area contributed by atoms with Gasteiger partial charge in [0.25, 0.3) is 0 Å². The van der Waals surface area contributed by atoms with Crippen molar-refractivity contribution in [2.45, 2.75) is 12.8 Å². The highest BCUT2D eigenvalue weighted by molar-refractivity contribution is 4.61. The van der Waals surface area contributed by atoms with Crippen molar-refractivity contribution in [1.82, 2.24) is 4.90 Å². The van der Waals surface area contributed by atoms with Crippen molar-refractivity contribution in [3.05, 3.63) is 0 Å². The van der Waals surface area contributed by atoms with Crippen LogP contribution in [0.25, 0.3) is 0 Å². The van der Waals surface area contributed by atoms with E-state index in [-0.39, 0.29) is 0 Å². The molecule has 0 radical (unpaired) electrons. The minimum Gasteiger partial charge on any atom is -0.385 e. The summed E-state index contributed by atoms with van der Waals surface area (Å²) in [4.78, 5) is 2.43. The van der Waals surface area contributed by atoms with Crippen molar-refractivity contribution in [3.8, 4) is 0 Å². The van der Waals surface area contributed by atoms with Crippen LogP contribution in [0.1, 0.15) is 12.8 Å². The van der Waals surface area contributed by atoms with Gasteiger partial charge in [-0.3, -0.25) is 4.90 Å². The predicted molar refractivity (Wildman–Crippen MR) is 59.2 cm³/mol. The highest BCUT2D eigenvalue weighted by Crippen LogP contribution is 1.98. The maximum absolute atomic E-state index is 5.49. The van der Waals surface area contributed by atoms with Gasteiger partial charge in [-0.25, -0.2) is 0 Å². The first-order valence-corrected chi connectivity index (χ1v) is 5.80. The zero-order chi connectivity index (χ0) is 10.8. The fourth-order valence-corrected chi connectivity index (χ4v) is 1.62. The van der Waals surface area contributed by atoms with E-state index in [9.17, 15) is 0 Å². The molecular formula is C11H23NO3. The summed E-state index contributed by atoms with van der Waals surface area (Å²) in [6, 6.07) is 0. The molecule has 1 fully saturated rings. The van der Waals surface area contributed by atoms with Gasteiger partial charge in [-0.1, -0.05) is 0 Å². The van der Waals surface area contributed by atoms with Crippen LogP contribution in [-0.4, -0.2) is 64.7 Å². The third-order valence-electron chi connectivity index (χ3n) is 2.50. The predicted octanol–water partition coefficient (Wildman–Crippen LogP) is 0.762. The molecule has 1 saturated heterocycles. The fourth-order valence-electron chi connectivity index (χ4n) is 1.62. The Morgan fingerprint density at radius 1 is 1.07 bits per heavy atom. The fraction of sp³-hybridized carbons (Fsp3) is 1.00. The first-order chi connectivity index (χ1) is 7.43. The number of nitrogens with zero attached hydrogens (tertiary/aromatic N) is 1. The van der Waals surface area contributed by atoms with Gasteiger partial charge in [-0.2, -0.15) is 0 Å². The van der Waals surface area contributed by atoms with Crippen molar-refractivity contribution >= 4 is 0 Å². The van der Waals surface area contributed by atoms with Gasteiger partial charge in [-0.15, -0.1) is 0 Å². The highest BCUT2D eigenvalue weighted by Gasteiger charge is 2.08. The molecule has 0 aliphatic carbocycles. The van der Waals surface area contributed by atoms with Crippen LogP contribution in [0.3, 0.4) is 0 Å². The number of ether oxygens (including phenoxy) is 3. The summed E-state index contributed by atoms with van der Waals surface area (Å²) in [5.74, 6) is 0. The average Bonchev–Trinajstić information content (AvgIpc) is 2.29. The zero-order valence-corrected chi connectivity index (χ0v) is 9.74. The molecule has 0 atom stereocenters. The lowest BCUT2D eigenvalue weighted by atomic mass is 10.3. The van der Waals surface area contributed by atoms with Crippen LogP contribution in [0.15, 0.2) is 0 Å². The summed E-state index contributed by atoms with van der Waals surface area (Å²) >= 11 is 0. The summed E-state index contributed by atoms with van der Waals surface area (Å²) in [6.45, 7) is 7.52. The summed E-state index contributed by atoms with van der Waals surface area (Å²) < 4.78 is 15.7. The van der Waals surface area contributed by atoms with Gasteiger partial charge >= 0.3 is 0 Å². The number of rotatable bonds is 8. The van der Waals surface area contributed by atoms with Gasteiger partial charge in [0.05, 0.1) is 13.2 Å². The minimum atomic E-state index is 0.795. The molecule has 4 nitrogen and oxygen atoms in total. The van der Waals surface area contributed by atoms with Crippen LogP contribution in [-0.2, 0) is 14.2 Å².